The SMILES string of the molecule is Cc1cccc(C)c1NC(=O)CSc1nnc(CCN)o1.Cl. The summed E-state index contributed by atoms with van der Waals surface area (Å²) in [4.78, 5) is 12.0. The highest BCUT2D eigenvalue weighted by molar-refractivity contribution is 7.99. The molecule has 0 aliphatic rings. The van der Waals surface area contributed by atoms with Gasteiger partial charge in [0.25, 0.3) is 5.22 Å². The standard InChI is InChI=1S/C14H18N4O2S.ClH/c1-9-4-3-5-10(2)13(9)16-11(19)8-21-14-18-17-12(20-14)6-7-15;/h3-5H,6-8,15H2,1-2H3,(H,16,19);1H. The van der Waals surface area contributed by atoms with Crippen molar-refractivity contribution in [1.29, 1.82) is 0 Å². The van der Waals surface area contributed by atoms with Crippen LogP contribution in [0, 0.1) is 13.8 Å². The largest absolute Gasteiger partial charge is 0.416 e. The van der Waals surface area contributed by atoms with E-state index in [1.54, 1.807) is 0 Å². The number of amides is 1. The highest BCUT2D eigenvalue weighted by atomic mass is 35.5. The lowest BCUT2D eigenvalue weighted by atomic mass is 10.1. The zero-order chi connectivity index (χ0) is 15.2. The number of hydrogen-bond acceptors (Lipinski definition) is 6. The van der Waals surface area contributed by atoms with Crippen molar-refractivity contribution in [3.05, 3.63) is 35.2 Å². The number of thioether (sulfide) groups is 1. The molecular weight excluding hydrogens is 324 g/mol. The Morgan fingerprint density at radius 3 is 2.64 bits per heavy atom. The lowest BCUT2D eigenvalue weighted by Crippen LogP contribution is -2.15. The summed E-state index contributed by atoms with van der Waals surface area (Å²) >= 11 is 1.21. The van der Waals surface area contributed by atoms with Crippen molar-refractivity contribution in [3.63, 3.8) is 0 Å². The number of aromatic nitrogens is 2. The van der Waals surface area contributed by atoms with Gasteiger partial charge in [-0.25, -0.2) is 0 Å². The van der Waals surface area contributed by atoms with Gasteiger partial charge in [0.15, 0.2) is 0 Å². The van der Waals surface area contributed by atoms with Crippen LogP contribution in [0.1, 0.15) is 17.0 Å². The Morgan fingerprint density at radius 2 is 2.00 bits per heavy atom. The van der Waals surface area contributed by atoms with E-state index in [2.05, 4.69) is 15.5 Å². The van der Waals surface area contributed by atoms with Gasteiger partial charge < -0.3 is 15.5 Å². The number of hydrogen-bond donors (Lipinski definition) is 2. The molecule has 1 amide bonds. The van der Waals surface area contributed by atoms with E-state index in [0.29, 0.717) is 24.1 Å². The Hall–Kier alpha value is -1.57. The summed E-state index contributed by atoms with van der Waals surface area (Å²) < 4.78 is 5.35. The zero-order valence-electron chi connectivity index (χ0n) is 12.5. The van der Waals surface area contributed by atoms with E-state index < -0.39 is 0 Å². The van der Waals surface area contributed by atoms with Crippen molar-refractivity contribution in [2.45, 2.75) is 25.5 Å². The van der Waals surface area contributed by atoms with Crippen molar-refractivity contribution in [3.8, 4) is 0 Å². The van der Waals surface area contributed by atoms with Crippen LogP contribution in [-0.4, -0.2) is 28.4 Å². The van der Waals surface area contributed by atoms with E-state index in [4.69, 9.17) is 10.2 Å². The molecule has 0 saturated carbocycles. The topological polar surface area (TPSA) is 94.0 Å². The Bertz CT molecular complexity index is 613. The zero-order valence-corrected chi connectivity index (χ0v) is 14.1. The van der Waals surface area contributed by atoms with Crippen LogP contribution in [-0.2, 0) is 11.2 Å². The van der Waals surface area contributed by atoms with Crippen molar-refractivity contribution in [2.75, 3.05) is 17.6 Å². The van der Waals surface area contributed by atoms with Crippen LogP contribution in [0.2, 0.25) is 0 Å². The smallest absolute Gasteiger partial charge is 0.277 e. The van der Waals surface area contributed by atoms with Crippen LogP contribution in [0.15, 0.2) is 27.8 Å². The van der Waals surface area contributed by atoms with Crippen molar-refractivity contribution < 1.29 is 9.21 Å². The molecule has 0 aliphatic heterocycles. The second kappa shape index (κ2) is 8.77. The van der Waals surface area contributed by atoms with Gasteiger partial charge >= 0.3 is 0 Å². The van der Waals surface area contributed by atoms with Gasteiger partial charge in [-0.15, -0.1) is 22.6 Å². The molecule has 22 heavy (non-hydrogen) atoms. The quantitative estimate of drug-likeness (QED) is 0.782. The van der Waals surface area contributed by atoms with Gasteiger partial charge in [0, 0.05) is 18.7 Å². The number of para-hydroxylation sites is 1. The molecule has 1 aromatic heterocycles. The fraction of sp³-hybridized carbons (Fsp3) is 0.357. The third-order valence-electron chi connectivity index (χ3n) is 2.88. The highest BCUT2D eigenvalue weighted by Crippen LogP contribution is 2.21. The van der Waals surface area contributed by atoms with Crippen molar-refractivity contribution in [2.24, 2.45) is 5.73 Å². The predicted molar refractivity (Wildman–Crippen MR) is 89.6 cm³/mol. The molecule has 0 aliphatic carbocycles. The number of carbonyl (C=O) groups excluding carboxylic acids is 1. The lowest BCUT2D eigenvalue weighted by Gasteiger charge is -2.10. The number of rotatable bonds is 6. The van der Waals surface area contributed by atoms with Crippen LogP contribution in [0.3, 0.4) is 0 Å². The minimum absolute atomic E-state index is 0. The maximum Gasteiger partial charge on any atom is 0.277 e. The van der Waals surface area contributed by atoms with Crippen LogP contribution in [0.4, 0.5) is 5.69 Å². The molecule has 0 fully saturated rings. The summed E-state index contributed by atoms with van der Waals surface area (Å²) in [7, 11) is 0. The van der Waals surface area contributed by atoms with Gasteiger partial charge in [-0.05, 0) is 25.0 Å². The molecule has 0 spiro atoms. The molecule has 0 saturated heterocycles. The van der Waals surface area contributed by atoms with Crippen LogP contribution in [0.25, 0.3) is 0 Å². The fourth-order valence-electron chi connectivity index (χ4n) is 1.84. The Balaban J connectivity index is 0.00000242. The number of carbonyl (C=O) groups is 1. The fourth-order valence-corrected chi connectivity index (χ4v) is 2.42. The monoisotopic (exact) mass is 342 g/mol. The minimum atomic E-state index is -0.101. The molecule has 3 N–H and O–H groups in total. The second-order valence-electron chi connectivity index (χ2n) is 4.60. The molecule has 1 heterocycles. The third kappa shape index (κ3) is 5.01. The number of nitrogens with one attached hydrogen (secondary N) is 1. The van der Waals surface area contributed by atoms with Crippen LogP contribution < -0.4 is 11.1 Å². The molecule has 6 nitrogen and oxygen atoms in total. The van der Waals surface area contributed by atoms with Gasteiger partial charge in [-0.1, -0.05) is 30.0 Å². The molecule has 0 atom stereocenters. The van der Waals surface area contributed by atoms with Gasteiger partial charge in [0.2, 0.25) is 11.8 Å². The summed E-state index contributed by atoms with van der Waals surface area (Å²) in [6.45, 7) is 4.39. The van der Waals surface area contributed by atoms with Crippen LogP contribution >= 0.6 is 24.2 Å². The molecule has 0 radical (unpaired) electrons. The summed E-state index contributed by atoms with van der Waals surface area (Å²) in [5.41, 5.74) is 8.34. The summed E-state index contributed by atoms with van der Waals surface area (Å²) in [5.74, 6) is 0.615. The number of nitrogens with two attached hydrogens (primary N) is 1. The third-order valence-corrected chi connectivity index (χ3v) is 3.70. The van der Waals surface area contributed by atoms with Crippen molar-refractivity contribution >= 4 is 35.8 Å². The molecule has 120 valence electrons. The average Bonchev–Trinajstić information content (AvgIpc) is 2.89. The molecule has 8 heteroatoms. The molecule has 0 unspecified atom stereocenters. The number of anilines is 1. The Morgan fingerprint density at radius 1 is 1.32 bits per heavy atom. The number of aryl methyl sites for hydroxylation is 2. The van der Waals surface area contributed by atoms with Gasteiger partial charge in [-0.2, -0.15) is 0 Å². The van der Waals surface area contributed by atoms with Crippen LogP contribution in [0.5, 0.6) is 0 Å². The molecule has 2 aromatic rings. The van der Waals surface area contributed by atoms with E-state index in [1.807, 2.05) is 32.0 Å². The normalized spacial score (nSPS) is 10.1. The maximum atomic E-state index is 12.0. The van der Waals surface area contributed by atoms with Gasteiger partial charge in [-0.3, -0.25) is 4.79 Å². The van der Waals surface area contributed by atoms with E-state index in [9.17, 15) is 4.79 Å². The average molecular weight is 343 g/mol. The van der Waals surface area contributed by atoms with E-state index in [-0.39, 0.29) is 24.1 Å². The van der Waals surface area contributed by atoms with E-state index >= 15 is 0 Å². The number of halogens is 1. The highest BCUT2D eigenvalue weighted by Gasteiger charge is 2.11. The van der Waals surface area contributed by atoms with Gasteiger partial charge in [0.05, 0.1) is 5.75 Å². The summed E-state index contributed by atoms with van der Waals surface area (Å²) in [6.07, 6.45) is 0.544. The second-order valence-corrected chi connectivity index (χ2v) is 5.53. The maximum absolute atomic E-state index is 12.0. The van der Waals surface area contributed by atoms with E-state index in [0.717, 1.165) is 16.8 Å². The first-order valence-electron chi connectivity index (χ1n) is 6.61. The first-order chi connectivity index (χ1) is 10.1. The van der Waals surface area contributed by atoms with Crippen molar-refractivity contribution in [1.82, 2.24) is 10.2 Å². The van der Waals surface area contributed by atoms with Gasteiger partial charge in [0.1, 0.15) is 0 Å². The molecule has 2 rings (SSSR count). The number of nitrogens with zero attached hydrogens (tertiary/aromatic N) is 2. The Labute approximate surface area is 139 Å². The minimum Gasteiger partial charge on any atom is -0.416 e. The number of benzene rings is 1. The first-order valence-corrected chi connectivity index (χ1v) is 7.60. The van der Waals surface area contributed by atoms with E-state index in [1.165, 1.54) is 11.8 Å². The first kappa shape index (κ1) is 18.5. The molecule has 0 bridgehead atoms. The lowest BCUT2D eigenvalue weighted by molar-refractivity contribution is -0.113. The molecular formula is C14H19ClN4O2S. The summed E-state index contributed by atoms with van der Waals surface area (Å²) in [5, 5.41) is 11.0. The molecule has 1 aromatic carbocycles. The Kier molecular flexibility index (Phi) is 7.37. The summed E-state index contributed by atoms with van der Waals surface area (Å²) in [6, 6.07) is 5.90. The predicted octanol–water partition coefficient (Wildman–Crippen LogP) is 2.34.